The van der Waals surface area contributed by atoms with Crippen molar-refractivity contribution in [3.8, 4) is 0 Å². The molecule has 0 aliphatic heterocycles. The Hall–Kier alpha value is -1.46. The highest BCUT2D eigenvalue weighted by Crippen LogP contribution is 2.21. The van der Waals surface area contributed by atoms with Gasteiger partial charge in [0, 0.05) is 11.8 Å². The van der Waals surface area contributed by atoms with Crippen LogP contribution in [0.1, 0.15) is 20.8 Å². The molecule has 0 saturated carbocycles. The standard InChI is InChI=1S/C13H12O3S2/c1-9-6-7-17-13(9)12(14)10-4-3-5-11(8-10)18(2,15)16/h3-8H,1-2H3. The summed E-state index contributed by atoms with van der Waals surface area (Å²) >= 11 is 1.37. The lowest BCUT2D eigenvalue weighted by atomic mass is 10.1. The third kappa shape index (κ3) is 2.52. The Balaban J connectivity index is 2.47. The van der Waals surface area contributed by atoms with Crippen LogP contribution in [0, 0.1) is 6.92 Å². The Labute approximate surface area is 110 Å². The molecule has 18 heavy (non-hydrogen) atoms. The molecule has 2 aromatic rings. The molecule has 0 aliphatic rings. The second-order valence-electron chi connectivity index (χ2n) is 4.06. The molecule has 0 atom stereocenters. The van der Waals surface area contributed by atoms with Crippen LogP contribution in [0.25, 0.3) is 0 Å². The van der Waals surface area contributed by atoms with Gasteiger partial charge in [-0.2, -0.15) is 0 Å². The van der Waals surface area contributed by atoms with Crippen molar-refractivity contribution >= 4 is 27.0 Å². The molecule has 0 aliphatic carbocycles. The van der Waals surface area contributed by atoms with E-state index in [1.54, 1.807) is 12.1 Å². The Morgan fingerprint density at radius 1 is 1.22 bits per heavy atom. The first-order valence-electron chi connectivity index (χ1n) is 5.28. The Morgan fingerprint density at radius 2 is 1.94 bits per heavy atom. The molecular weight excluding hydrogens is 268 g/mol. The number of aryl methyl sites for hydroxylation is 1. The summed E-state index contributed by atoms with van der Waals surface area (Å²) in [6.45, 7) is 1.87. The summed E-state index contributed by atoms with van der Waals surface area (Å²) in [7, 11) is -3.29. The van der Waals surface area contributed by atoms with Gasteiger partial charge in [-0.1, -0.05) is 12.1 Å². The van der Waals surface area contributed by atoms with Crippen molar-refractivity contribution in [1.29, 1.82) is 0 Å². The second kappa shape index (κ2) is 4.66. The van der Waals surface area contributed by atoms with Crippen LogP contribution in [-0.2, 0) is 9.84 Å². The van der Waals surface area contributed by atoms with Crippen LogP contribution >= 0.6 is 11.3 Å². The van der Waals surface area contributed by atoms with E-state index >= 15 is 0 Å². The summed E-state index contributed by atoms with van der Waals surface area (Å²) in [6, 6.07) is 8.02. The van der Waals surface area contributed by atoms with Gasteiger partial charge in [0.15, 0.2) is 9.84 Å². The molecule has 2 rings (SSSR count). The number of thiophene rings is 1. The van der Waals surface area contributed by atoms with Crippen LogP contribution in [0.15, 0.2) is 40.6 Å². The predicted molar refractivity (Wildman–Crippen MR) is 72.0 cm³/mol. The number of hydrogen-bond donors (Lipinski definition) is 0. The number of rotatable bonds is 3. The van der Waals surface area contributed by atoms with Gasteiger partial charge < -0.3 is 0 Å². The lowest BCUT2D eigenvalue weighted by Crippen LogP contribution is -2.03. The zero-order chi connectivity index (χ0) is 13.3. The maximum absolute atomic E-state index is 12.2. The fourth-order valence-corrected chi connectivity index (χ4v) is 3.16. The lowest BCUT2D eigenvalue weighted by Gasteiger charge is -2.03. The van der Waals surface area contributed by atoms with Crippen molar-refractivity contribution < 1.29 is 13.2 Å². The van der Waals surface area contributed by atoms with E-state index in [2.05, 4.69) is 0 Å². The minimum Gasteiger partial charge on any atom is -0.288 e. The molecule has 0 radical (unpaired) electrons. The van der Waals surface area contributed by atoms with Crippen molar-refractivity contribution in [3.05, 3.63) is 51.7 Å². The Bertz CT molecular complexity index is 697. The number of benzene rings is 1. The predicted octanol–water partition coefficient (Wildman–Crippen LogP) is 2.69. The van der Waals surface area contributed by atoms with Crippen LogP contribution < -0.4 is 0 Å². The van der Waals surface area contributed by atoms with Gasteiger partial charge in [-0.25, -0.2) is 8.42 Å². The molecule has 0 saturated heterocycles. The fraction of sp³-hybridized carbons (Fsp3) is 0.154. The topological polar surface area (TPSA) is 51.2 Å². The van der Waals surface area contributed by atoms with Gasteiger partial charge >= 0.3 is 0 Å². The van der Waals surface area contributed by atoms with E-state index in [0.717, 1.165) is 11.8 Å². The van der Waals surface area contributed by atoms with Crippen LogP contribution in [0.3, 0.4) is 0 Å². The summed E-state index contributed by atoms with van der Waals surface area (Å²) in [5, 5.41) is 1.85. The Morgan fingerprint density at radius 3 is 2.50 bits per heavy atom. The molecule has 1 aromatic heterocycles. The van der Waals surface area contributed by atoms with Crippen LogP contribution in [0.4, 0.5) is 0 Å². The van der Waals surface area contributed by atoms with Crippen molar-refractivity contribution in [3.63, 3.8) is 0 Å². The average molecular weight is 280 g/mol. The summed E-state index contributed by atoms with van der Waals surface area (Å²) in [5.41, 5.74) is 1.32. The van der Waals surface area contributed by atoms with E-state index in [-0.39, 0.29) is 10.7 Å². The normalized spacial score (nSPS) is 11.4. The van der Waals surface area contributed by atoms with Gasteiger partial charge in [0.05, 0.1) is 9.77 Å². The quantitative estimate of drug-likeness (QED) is 0.812. The van der Waals surface area contributed by atoms with Crippen molar-refractivity contribution in [2.75, 3.05) is 6.26 Å². The number of carbonyl (C=O) groups excluding carboxylic acids is 1. The molecule has 0 N–H and O–H groups in total. The van der Waals surface area contributed by atoms with Gasteiger partial charge in [-0.05, 0) is 36.1 Å². The molecule has 0 fully saturated rings. The van der Waals surface area contributed by atoms with E-state index in [1.807, 2.05) is 18.4 Å². The molecule has 5 heteroatoms. The first kappa shape index (κ1) is 13.0. The number of carbonyl (C=O) groups is 1. The molecule has 1 heterocycles. The van der Waals surface area contributed by atoms with Crippen molar-refractivity contribution in [2.24, 2.45) is 0 Å². The maximum Gasteiger partial charge on any atom is 0.203 e. The molecule has 0 spiro atoms. The molecular formula is C13H12O3S2. The monoisotopic (exact) mass is 280 g/mol. The van der Waals surface area contributed by atoms with Crippen LogP contribution in [-0.4, -0.2) is 20.5 Å². The van der Waals surface area contributed by atoms with Gasteiger partial charge in [0.1, 0.15) is 0 Å². The minimum absolute atomic E-state index is 0.131. The van der Waals surface area contributed by atoms with Crippen molar-refractivity contribution in [2.45, 2.75) is 11.8 Å². The third-order valence-electron chi connectivity index (χ3n) is 2.59. The molecule has 3 nitrogen and oxygen atoms in total. The smallest absolute Gasteiger partial charge is 0.203 e. The highest BCUT2D eigenvalue weighted by Gasteiger charge is 2.15. The lowest BCUT2D eigenvalue weighted by molar-refractivity contribution is 0.104. The number of sulfone groups is 1. The fourth-order valence-electron chi connectivity index (χ4n) is 1.60. The van der Waals surface area contributed by atoms with Gasteiger partial charge in [-0.3, -0.25) is 4.79 Å². The van der Waals surface area contributed by atoms with Gasteiger partial charge in [-0.15, -0.1) is 11.3 Å². The summed E-state index contributed by atoms with van der Waals surface area (Å²) < 4.78 is 22.9. The summed E-state index contributed by atoms with van der Waals surface area (Å²) in [5.74, 6) is -0.131. The SMILES string of the molecule is Cc1ccsc1C(=O)c1cccc(S(C)(=O)=O)c1. The van der Waals surface area contributed by atoms with E-state index in [4.69, 9.17) is 0 Å². The first-order chi connectivity index (χ1) is 8.39. The van der Waals surface area contributed by atoms with E-state index in [1.165, 1.54) is 23.5 Å². The van der Waals surface area contributed by atoms with Crippen molar-refractivity contribution in [1.82, 2.24) is 0 Å². The highest BCUT2D eigenvalue weighted by atomic mass is 32.2. The average Bonchev–Trinajstić information content (AvgIpc) is 2.73. The molecule has 0 amide bonds. The zero-order valence-electron chi connectivity index (χ0n) is 10.0. The molecule has 0 unspecified atom stereocenters. The van der Waals surface area contributed by atoms with Crippen LogP contribution in [0.5, 0.6) is 0 Å². The molecule has 94 valence electrons. The zero-order valence-corrected chi connectivity index (χ0v) is 11.6. The minimum atomic E-state index is -3.29. The van der Waals surface area contributed by atoms with Gasteiger partial charge in [0.25, 0.3) is 0 Å². The van der Waals surface area contributed by atoms with E-state index < -0.39 is 9.84 Å². The summed E-state index contributed by atoms with van der Waals surface area (Å²) in [6.07, 6.45) is 1.13. The first-order valence-corrected chi connectivity index (χ1v) is 8.05. The number of ketones is 1. The van der Waals surface area contributed by atoms with Crippen LogP contribution in [0.2, 0.25) is 0 Å². The number of hydrogen-bond acceptors (Lipinski definition) is 4. The van der Waals surface area contributed by atoms with Gasteiger partial charge in [0.2, 0.25) is 5.78 Å². The molecule has 1 aromatic carbocycles. The van der Waals surface area contributed by atoms with E-state index in [0.29, 0.717) is 10.4 Å². The van der Waals surface area contributed by atoms with E-state index in [9.17, 15) is 13.2 Å². The summed E-state index contributed by atoms with van der Waals surface area (Å²) in [4.78, 5) is 13.0. The largest absolute Gasteiger partial charge is 0.288 e. The third-order valence-corrected chi connectivity index (χ3v) is 4.72. The second-order valence-corrected chi connectivity index (χ2v) is 6.99. The highest BCUT2D eigenvalue weighted by molar-refractivity contribution is 7.90. The maximum atomic E-state index is 12.2. The Kier molecular flexibility index (Phi) is 3.36. The molecule has 0 bridgehead atoms.